The molecule has 3 aromatic rings. The van der Waals surface area contributed by atoms with Gasteiger partial charge in [0, 0.05) is 37.2 Å². The van der Waals surface area contributed by atoms with Crippen molar-refractivity contribution in [3.05, 3.63) is 71.9 Å². The van der Waals surface area contributed by atoms with E-state index < -0.39 is 0 Å². The zero-order valence-corrected chi connectivity index (χ0v) is 13.1. The van der Waals surface area contributed by atoms with Crippen molar-refractivity contribution in [1.29, 1.82) is 0 Å². The SMILES string of the molecule is Cn1cc(CN2CC[C@@H](c3ccccc3)C2)c2ccccc21. The van der Waals surface area contributed by atoms with Gasteiger partial charge in [-0.1, -0.05) is 48.5 Å². The Labute approximate surface area is 132 Å². The molecule has 0 spiro atoms. The summed E-state index contributed by atoms with van der Waals surface area (Å²) in [7, 11) is 2.14. The Morgan fingerprint density at radius 3 is 2.64 bits per heavy atom. The van der Waals surface area contributed by atoms with Gasteiger partial charge in [0.2, 0.25) is 0 Å². The number of nitrogens with zero attached hydrogens (tertiary/aromatic N) is 2. The third kappa shape index (κ3) is 2.44. The monoisotopic (exact) mass is 290 g/mol. The number of hydrogen-bond acceptors (Lipinski definition) is 1. The highest BCUT2D eigenvalue weighted by Gasteiger charge is 2.24. The van der Waals surface area contributed by atoms with E-state index in [9.17, 15) is 0 Å². The molecule has 0 bridgehead atoms. The lowest BCUT2D eigenvalue weighted by Gasteiger charge is -2.15. The molecule has 2 heteroatoms. The second-order valence-electron chi connectivity index (χ2n) is 6.41. The van der Waals surface area contributed by atoms with Crippen LogP contribution in [0.5, 0.6) is 0 Å². The summed E-state index contributed by atoms with van der Waals surface area (Å²) < 4.78 is 2.25. The largest absolute Gasteiger partial charge is 0.350 e. The maximum atomic E-state index is 2.60. The van der Waals surface area contributed by atoms with Crippen LogP contribution < -0.4 is 0 Å². The molecule has 0 N–H and O–H groups in total. The Morgan fingerprint density at radius 1 is 1.00 bits per heavy atom. The number of likely N-dealkylation sites (tertiary alicyclic amines) is 1. The molecule has 1 aliphatic heterocycles. The van der Waals surface area contributed by atoms with Gasteiger partial charge in [0.15, 0.2) is 0 Å². The summed E-state index contributed by atoms with van der Waals surface area (Å²) in [5.41, 5.74) is 4.27. The highest BCUT2D eigenvalue weighted by molar-refractivity contribution is 5.83. The molecular weight excluding hydrogens is 268 g/mol. The van der Waals surface area contributed by atoms with Crippen LogP contribution in [-0.2, 0) is 13.6 Å². The van der Waals surface area contributed by atoms with E-state index >= 15 is 0 Å². The first-order valence-corrected chi connectivity index (χ1v) is 8.11. The smallest absolute Gasteiger partial charge is 0.0481 e. The lowest BCUT2D eigenvalue weighted by molar-refractivity contribution is 0.328. The number of aromatic nitrogens is 1. The summed E-state index contributed by atoms with van der Waals surface area (Å²) in [6.45, 7) is 3.43. The second-order valence-corrected chi connectivity index (χ2v) is 6.41. The van der Waals surface area contributed by atoms with Crippen molar-refractivity contribution >= 4 is 10.9 Å². The molecule has 4 rings (SSSR count). The molecular formula is C20H22N2. The lowest BCUT2D eigenvalue weighted by atomic mass is 9.99. The van der Waals surface area contributed by atoms with Gasteiger partial charge < -0.3 is 4.57 Å². The Morgan fingerprint density at radius 2 is 1.77 bits per heavy atom. The molecule has 0 saturated carbocycles. The molecule has 1 aromatic heterocycles. The Hall–Kier alpha value is -2.06. The van der Waals surface area contributed by atoms with E-state index in [1.807, 2.05) is 0 Å². The number of para-hydroxylation sites is 1. The fraction of sp³-hybridized carbons (Fsp3) is 0.300. The minimum absolute atomic E-state index is 0.691. The van der Waals surface area contributed by atoms with E-state index in [0.29, 0.717) is 5.92 Å². The Kier molecular flexibility index (Phi) is 3.47. The number of fused-ring (bicyclic) bond motifs is 1. The molecule has 0 radical (unpaired) electrons. The van der Waals surface area contributed by atoms with E-state index in [4.69, 9.17) is 0 Å². The van der Waals surface area contributed by atoms with Crippen LogP contribution in [-0.4, -0.2) is 22.6 Å². The Bertz CT molecular complexity index is 773. The molecule has 2 nitrogen and oxygen atoms in total. The van der Waals surface area contributed by atoms with E-state index in [-0.39, 0.29) is 0 Å². The number of aryl methyl sites for hydroxylation is 1. The van der Waals surface area contributed by atoms with Gasteiger partial charge in [0.25, 0.3) is 0 Å². The average molecular weight is 290 g/mol. The molecule has 1 fully saturated rings. The van der Waals surface area contributed by atoms with E-state index in [2.05, 4.69) is 77.3 Å². The third-order valence-corrected chi connectivity index (χ3v) is 4.92. The first kappa shape index (κ1) is 13.6. The van der Waals surface area contributed by atoms with Gasteiger partial charge in [0.1, 0.15) is 0 Å². The molecule has 112 valence electrons. The van der Waals surface area contributed by atoms with E-state index in [1.54, 1.807) is 0 Å². The summed E-state index contributed by atoms with van der Waals surface area (Å²) in [6, 6.07) is 19.7. The van der Waals surface area contributed by atoms with E-state index in [0.717, 1.165) is 6.54 Å². The topological polar surface area (TPSA) is 8.17 Å². The van der Waals surface area contributed by atoms with Gasteiger partial charge >= 0.3 is 0 Å². The van der Waals surface area contributed by atoms with Crippen LogP contribution in [0.4, 0.5) is 0 Å². The fourth-order valence-electron chi connectivity index (χ4n) is 3.77. The number of hydrogen-bond donors (Lipinski definition) is 0. The normalized spacial score (nSPS) is 19.0. The van der Waals surface area contributed by atoms with Crippen LogP contribution in [0.25, 0.3) is 10.9 Å². The Balaban J connectivity index is 1.52. The lowest BCUT2D eigenvalue weighted by Crippen LogP contribution is -2.19. The van der Waals surface area contributed by atoms with Crippen LogP contribution >= 0.6 is 0 Å². The molecule has 1 atom stereocenters. The van der Waals surface area contributed by atoms with Crippen molar-refractivity contribution in [3.63, 3.8) is 0 Å². The second kappa shape index (κ2) is 5.62. The first-order chi connectivity index (χ1) is 10.8. The quantitative estimate of drug-likeness (QED) is 0.703. The van der Waals surface area contributed by atoms with Crippen LogP contribution in [0.3, 0.4) is 0 Å². The van der Waals surface area contributed by atoms with Crippen molar-refractivity contribution in [3.8, 4) is 0 Å². The highest BCUT2D eigenvalue weighted by atomic mass is 15.1. The van der Waals surface area contributed by atoms with Crippen LogP contribution in [0, 0.1) is 0 Å². The highest BCUT2D eigenvalue weighted by Crippen LogP contribution is 2.29. The molecule has 1 saturated heterocycles. The van der Waals surface area contributed by atoms with E-state index in [1.165, 1.54) is 41.5 Å². The molecule has 2 heterocycles. The number of rotatable bonds is 3. The zero-order valence-electron chi connectivity index (χ0n) is 13.1. The maximum Gasteiger partial charge on any atom is 0.0481 e. The van der Waals surface area contributed by atoms with Crippen LogP contribution in [0.15, 0.2) is 60.8 Å². The third-order valence-electron chi connectivity index (χ3n) is 4.92. The maximum absolute atomic E-state index is 2.60. The van der Waals surface area contributed by atoms with Crippen molar-refractivity contribution in [2.45, 2.75) is 18.9 Å². The summed E-state index contributed by atoms with van der Waals surface area (Å²) in [5.74, 6) is 0.691. The minimum Gasteiger partial charge on any atom is -0.350 e. The minimum atomic E-state index is 0.691. The molecule has 0 unspecified atom stereocenters. The molecule has 1 aliphatic rings. The van der Waals surface area contributed by atoms with Crippen LogP contribution in [0.2, 0.25) is 0 Å². The predicted molar refractivity (Wildman–Crippen MR) is 92.0 cm³/mol. The molecule has 0 amide bonds. The summed E-state index contributed by atoms with van der Waals surface area (Å²) >= 11 is 0. The average Bonchev–Trinajstić information content (AvgIpc) is 3.15. The molecule has 2 aromatic carbocycles. The standard InChI is InChI=1S/C20H22N2/c1-21-13-18(19-9-5-6-10-20(19)21)15-22-12-11-17(14-22)16-7-3-2-4-8-16/h2-10,13,17H,11-12,14-15H2,1H3/t17-/m1/s1. The van der Waals surface area contributed by atoms with Crippen molar-refractivity contribution in [2.75, 3.05) is 13.1 Å². The molecule has 0 aliphatic carbocycles. The zero-order chi connectivity index (χ0) is 14.9. The molecule has 22 heavy (non-hydrogen) atoms. The van der Waals surface area contributed by atoms with Crippen LogP contribution in [0.1, 0.15) is 23.5 Å². The summed E-state index contributed by atoms with van der Waals surface area (Å²) in [5, 5.41) is 1.40. The van der Waals surface area contributed by atoms with Gasteiger partial charge in [-0.3, -0.25) is 4.90 Å². The van der Waals surface area contributed by atoms with Gasteiger partial charge in [0.05, 0.1) is 0 Å². The van der Waals surface area contributed by atoms with Crippen molar-refractivity contribution in [1.82, 2.24) is 9.47 Å². The first-order valence-electron chi connectivity index (χ1n) is 8.11. The summed E-state index contributed by atoms with van der Waals surface area (Å²) in [4.78, 5) is 2.60. The predicted octanol–water partition coefficient (Wildman–Crippen LogP) is 4.17. The van der Waals surface area contributed by atoms with Crippen molar-refractivity contribution < 1.29 is 0 Å². The number of benzene rings is 2. The van der Waals surface area contributed by atoms with Gasteiger partial charge in [-0.25, -0.2) is 0 Å². The van der Waals surface area contributed by atoms with Gasteiger partial charge in [-0.2, -0.15) is 0 Å². The van der Waals surface area contributed by atoms with Gasteiger partial charge in [-0.15, -0.1) is 0 Å². The van der Waals surface area contributed by atoms with Crippen molar-refractivity contribution in [2.24, 2.45) is 7.05 Å². The van der Waals surface area contributed by atoms with Gasteiger partial charge in [-0.05, 0) is 36.1 Å². The summed E-state index contributed by atoms with van der Waals surface area (Å²) in [6.07, 6.45) is 3.56. The fourth-order valence-corrected chi connectivity index (χ4v) is 3.77.